The van der Waals surface area contributed by atoms with E-state index in [1.807, 2.05) is 11.9 Å². The Kier molecular flexibility index (Phi) is 5.70. The zero-order valence-corrected chi connectivity index (χ0v) is 11.4. The molecule has 0 aromatic heterocycles. The van der Waals surface area contributed by atoms with E-state index in [0.29, 0.717) is 17.7 Å². The lowest BCUT2D eigenvalue weighted by Crippen LogP contribution is -2.32. The standard InChI is InChI=1S/C12H22N2O2.ClH/c1-13-6-2-3-11(15)14-7-4-12(9-14)5-8-16-10-12;/h13H,2-10H2,1H3;1H. The van der Waals surface area contributed by atoms with Gasteiger partial charge in [0.15, 0.2) is 0 Å². The van der Waals surface area contributed by atoms with Crippen molar-refractivity contribution in [3.8, 4) is 0 Å². The van der Waals surface area contributed by atoms with Crippen molar-refractivity contribution in [2.75, 3.05) is 39.9 Å². The zero-order chi connectivity index (χ0) is 11.4. The van der Waals surface area contributed by atoms with Gasteiger partial charge >= 0.3 is 0 Å². The first-order valence-electron chi connectivity index (χ1n) is 6.26. The second-order valence-electron chi connectivity index (χ2n) is 5.07. The van der Waals surface area contributed by atoms with Crippen molar-refractivity contribution in [1.82, 2.24) is 10.2 Å². The summed E-state index contributed by atoms with van der Waals surface area (Å²) in [6, 6.07) is 0. The maximum atomic E-state index is 11.9. The first-order chi connectivity index (χ1) is 7.76. The molecule has 2 heterocycles. The Morgan fingerprint density at radius 2 is 2.29 bits per heavy atom. The van der Waals surface area contributed by atoms with Crippen LogP contribution in [0.3, 0.4) is 0 Å². The van der Waals surface area contributed by atoms with E-state index in [0.717, 1.165) is 52.1 Å². The lowest BCUT2D eigenvalue weighted by Gasteiger charge is -2.22. The average Bonchev–Trinajstić information content (AvgIpc) is 2.90. The van der Waals surface area contributed by atoms with E-state index in [1.54, 1.807) is 0 Å². The van der Waals surface area contributed by atoms with Crippen LogP contribution < -0.4 is 5.32 Å². The Bertz CT molecular complexity index is 255. The van der Waals surface area contributed by atoms with Crippen molar-refractivity contribution < 1.29 is 9.53 Å². The molecule has 0 radical (unpaired) electrons. The van der Waals surface area contributed by atoms with Gasteiger partial charge in [0.25, 0.3) is 0 Å². The van der Waals surface area contributed by atoms with Gasteiger partial charge in [-0.3, -0.25) is 4.79 Å². The monoisotopic (exact) mass is 262 g/mol. The zero-order valence-electron chi connectivity index (χ0n) is 10.5. The number of carbonyl (C=O) groups excluding carboxylic acids is 1. The van der Waals surface area contributed by atoms with E-state index in [9.17, 15) is 4.79 Å². The Morgan fingerprint density at radius 1 is 1.47 bits per heavy atom. The molecule has 2 saturated heterocycles. The summed E-state index contributed by atoms with van der Waals surface area (Å²) in [5, 5.41) is 3.07. The summed E-state index contributed by atoms with van der Waals surface area (Å²) in [6.07, 6.45) is 3.88. The Hall–Kier alpha value is -0.320. The van der Waals surface area contributed by atoms with Crippen LogP contribution >= 0.6 is 12.4 Å². The minimum Gasteiger partial charge on any atom is -0.381 e. The summed E-state index contributed by atoms with van der Waals surface area (Å²) in [7, 11) is 1.92. The van der Waals surface area contributed by atoms with Gasteiger partial charge in [0, 0.05) is 31.5 Å². The number of ether oxygens (including phenoxy) is 1. The quantitative estimate of drug-likeness (QED) is 0.770. The van der Waals surface area contributed by atoms with Crippen molar-refractivity contribution in [2.45, 2.75) is 25.7 Å². The number of carbonyl (C=O) groups is 1. The molecule has 17 heavy (non-hydrogen) atoms. The molecule has 0 saturated carbocycles. The molecule has 0 aliphatic carbocycles. The van der Waals surface area contributed by atoms with Crippen molar-refractivity contribution in [3.05, 3.63) is 0 Å². The number of rotatable bonds is 4. The first-order valence-corrected chi connectivity index (χ1v) is 6.26. The molecule has 5 heteroatoms. The second kappa shape index (κ2) is 6.57. The van der Waals surface area contributed by atoms with Gasteiger partial charge in [-0.15, -0.1) is 12.4 Å². The number of hydrogen-bond donors (Lipinski definition) is 1. The summed E-state index contributed by atoms with van der Waals surface area (Å²) in [5.41, 5.74) is 0.304. The topological polar surface area (TPSA) is 41.6 Å². The van der Waals surface area contributed by atoms with E-state index in [4.69, 9.17) is 4.74 Å². The third kappa shape index (κ3) is 3.57. The van der Waals surface area contributed by atoms with Crippen LogP contribution in [0.5, 0.6) is 0 Å². The van der Waals surface area contributed by atoms with E-state index < -0.39 is 0 Å². The van der Waals surface area contributed by atoms with Crippen molar-refractivity contribution in [3.63, 3.8) is 0 Å². The minimum atomic E-state index is 0. The normalized spacial score (nSPS) is 27.5. The molecule has 100 valence electrons. The van der Waals surface area contributed by atoms with Crippen molar-refractivity contribution >= 4 is 18.3 Å². The molecule has 2 aliphatic heterocycles. The summed E-state index contributed by atoms with van der Waals surface area (Å²) in [5.74, 6) is 0.319. The molecule has 0 aromatic rings. The molecule has 1 unspecified atom stereocenters. The third-order valence-electron chi connectivity index (χ3n) is 3.79. The third-order valence-corrected chi connectivity index (χ3v) is 3.79. The van der Waals surface area contributed by atoms with E-state index >= 15 is 0 Å². The largest absolute Gasteiger partial charge is 0.381 e. The smallest absolute Gasteiger partial charge is 0.222 e. The maximum absolute atomic E-state index is 11.9. The molecule has 2 aliphatic rings. The highest BCUT2D eigenvalue weighted by molar-refractivity contribution is 5.85. The fourth-order valence-electron chi connectivity index (χ4n) is 2.69. The van der Waals surface area contributed by atoms with Gasteiger partial charge in [-0.05, 0) is 32.9 Å². The number of nitrogens with zero attached hydrogens (tertiary/aromatic N) is 1. The summed E-state index contributed by atoms with van der Waals surface area (Å²) in [6.45, 7) is 4.51. The van der Waals surface area contributed by atoms with Crippen LogP contribution in [-0.4, -0.2) is 50.7 Å². The van der Waals surface area contributed by atoms with Gasteiger partial charge < -0.3 is 15.0 Å². The number of amides is 1. The fourth-order valence-corrected chi connectivity index (χ4v) is 2.69. The van der Waals surface area contributed by atoms with Gasteiger partial charge in [-0.25, -0.2) is 0 Å². The van der Waals surface area contributed by atoms with Gasteiger partial charge in [-0.1, -0.05) is 0 Å². The summed E-state index contributed by atoms with van der Waals surface area (Å²) in [4.78, 5) is 13.9. The van der Waals surface area contributed by atoms with Crippen LogP contribution in [0, 0.1) is 5.41 Å². The molecule has 1 spiro atoms. The van der Waals surface area contributed by atoms with Crippen LogP contribution in [0.15, 0.2) is 0 Å². The Balaban J connectivity index is 0.00000144. The molecule has 4 nitrogen and oxygen atoms in total. The average molecular weight is 263 g/mol. The van der Waals surface area contributed by atoms with Crippen LogP contribution in [-0.2, 0) is 9.53 Å². The highest BCUT2D eigenvalue weighted by atomic mass is 35.5. The van der Waals surface area contributed by atoms with Gasteiger partial charge in [0.05, 0.1) is 6.61 Å². The highest BCUT2D eigenvalue weighted by Gasteiger charge is 2.42. The molecule has 2 fully saturated rings. The van der Waals surface area contributed by atoms with E-state index in [2.05, 4.69) is 5.32 Å². The predicted molar refractivity (Wildman–Crippen MR) is 69.5 cm³/mol. The summed E-state index contributed by atoms with van der Waals surface area (Å²) >= 11 is 0. The van der Waals surface area contributed by atoms with E-state index in [1.165, 1.54) is 0 Å². The minimum absolute atomic E-state index is 0. The summed E-state index contributed by atoms with van der Waals surface area (Å²) < 4.78 is 5.46. The maximum Gasteiger partial charge on any atom is 0.222 e. The molecule has 0 bridgehead atoms. The Labute approximate surface area is 109 Å². The molecule has 0 aromatic carbocycles. The number of likely N-dealkylation sites (tertiary alicyclic amines) is 1. The fraction of sp³-hybridized carbons (Fsp3) is 0.917. The lowest BCUT2D eigenvalue weighted by atomic mass is 9.87. The molecule has 1 N–H and O–H groups in total. The van der Waals surface area contributed by atoms with Gasteiger partial charge in [0.1, 0.15) is 0 Å². The van der Waals surface area contributed by atoms with Crippen molar-refractivity contribution in [2.24, 2.45) is 5.41 Å². The molecular weight excluding hydrogens is 240 g/mol. The number of nitrogens with one attached hydrogen (secondary N) is 1. The van der Waals surface area contributed by atoms with Crippen molar-refractivity contribution in [1.29, 1.82) is 0 Å². The second-order valence-corrected chi connectivity index (χ2v) is 5.07. The predicted octanol–water partition coefficient (Wildman–Crippen LogP) is 1.05. The molecule has 1 atom stereocenters. The lowest BCUT2D eigenvalue weighted by molar-refractivity contribution is -0.130. The van der Waals surface area contributed by atoms with Crippen LogP contribution in [0.25, 0.3) is 0 Å². The van der Waals surface area contributed by atoms with Gasteiger partial charge in [0.2, 0.25) is 5.91 Å². The van der Waals surface area contributed by atoms with Crippen LogP contribution in [0.1, 0.15) is 25.7 Å². The van der Waals surface area contributed by atoms with Gasteiger partial charge in [-0.2, -0.15) is 0 Å². The highest BCUT2D eigenvalue weighted by Crippen LogP contribution is 2.38. The number of halogens is 1. The Morgan fingerprint density at radius 3 is 2.94 bits per heavy atom. The van der Waals surface area contributed by atoms with Crippen LogP contribution in [0.2, 0.25) is 0 Å². The SMILES string of the molecule is CNCCCC(=O)N1CCC2(CCOC2)C1.Cl. The molecule has 2 rings (SSSR count). The molecule has 1 amide bonds. The van der Waals surface area contributed by atoms with E-state index in [-0.39, 0.29) is 12.4 Å². The van der Waals surface area contributed by atoms with Crippen LogP contribution in [0.4, 0.5) is 0 Å². The molecular formula is C12H23ClN2O2. The first kappa shape index (κ1) is 14.7. The number of hydrogen-bond acceptors (Lipinski definition) is 3.